The Hall–Kier alpha value is -1.42. The van der Waals surface area contributed by atoms with Crippen molar-refractivity contribution in [2.45, 2.75) is 259 Å². The minimum absolute atomic E-state index is 0.439. The van der Waals surface area contributed by atoms with Gasteiger partial charge in [0, 0.05) is 35.7 Å². The van der Waals surface area contributed by atoms with Crippen molar-refractivity contribution in [2.24, 2.45) is 57.0 Å². The predicted molar refractivity (Wildman–Crippen MR) is 327 cm³/mol. The lowest BCUT2D eigenvalue weighted by Crippen LogP contribution is -2.44. The molecule has 6 aliphatic carbocycles. The Morgan fingerprint density at radius 2 is 0.712 bits per heavy atom. The van der Waals surface area contributed by atoms with E-state index in [2.05, 4.69) is 64.6 Å². The summed E-state index contributed by atoms with van der Waals surface area (Å²) in [5, 5.41) is 44.2. The number of unbranched alkanes of at least 4 members (excludes halogenated alkanes) is 6. The number of hydrogen-bond donors (Lipinski definition) is 6. The number of thiocyanates is 2. The summed E-state index contributed by atoms with van der Waals surface area (Å²) in [6, 6.07) is 1.96. The molecule has 0 spiro atoms. The summed E-state index contributed by atoms with van der Waals surface area (Å²) in [6.07, 6.45) is 44.3. The van der Waals surface area contributed by atoms with E-state index < -0.39 is 0 Å². The van der Waals surface area contributed by atoms with Crippen molar-refractivity contribution in [1.29, 1.82) is 10.5 Å². The molecule has 6 saturated carbocycles. The minimum Gasteiger partial charge on any atom is -0.363 e. The Morgan fingerprint density at radius 1 is 0.425 bits per heavy atom. The number of rotatable bonds is 24. The van der Waals surface area contributed by atoms with Crippen LogP contribution in [-0.2, 0) is 0 Å². The Bertz CT molecular complexity index is 1640. The van der Waals surface area contributed by atoms with Crippen molar-refractivity contribution in [3.8, 4) is 10.8 Å². The van der Waals surface area contributed by atoms with Gasteiger partial charge in [-0.2, -0.15) is 10.5 Å². The maximum absolute atomic E-state index is 8.91. The largest absolute Gasteiger partial charge is 0.363 e. The highest BCUT2D eigenvalue weighted by atomic mass is 32.2. The zero-order valence-electron chi connectivity index (χ0n) is 44.9. The van der Waals surface area contributed by atoms with Gasteiger partial charge in [-0.1, -0.05) is 25.7 Å². The van der Waals surface area contributed by atoms with Gasteiger partial charge in [-0.25, -0.2) is 9.98 Å². The molecule has 0 aromatic rings. The first-order chi connectivity index (χ1) is 35.7. The van der Waals surface area contributed by atoms with Gasteiger partial charge in [-0.15, -0.1) is 0 Å². The van der Waals surface area contributed by atoms with E-state index in [1.54, 1.807) is 0 Å². The summed E-state index contributed by atoms with van der Waals surface area (Å²) in [5.74, 6) is 5.35. The zero-order chi connectivity index (χ0) is 52.1. The summed E-state index contributed by atoms with van der Waals surface area (Å²) in [4.78, 5) is 8.54. The zero-order valence-corrected chi connectivity index (χ0v) is 49.8. The molecule has 0 unspecified atom stereocenters. The number of thiocarbonyl (C=S) groups is 4. The number of nitriles is 2. The number of nitrogens with zero attached hydrogens (tertiary/aromatic N) is 4. The molecule has 0 aliphatic heterocycles. The summed E-state index contributed by atoms with van der Waals surface area (Å²) >= 11 is 23.7. The van der Waals surface area contributed by atoms with Crippen LogP contribution in [0.5, 0.6) is 0 Å². The molecule has 73 heavy (non-hydrogen) atoms. The normalized spacial score (nSPS) is 30.0. The maximum atomic E-state index is 8.91. The molecule has 412 valence electrons. The first kappa shape index (κ1) is 64.1. The van der Waals surface area contributed by atoms with Crippen LogP contribution < -0.4 is 32.7 Å². The highest BCUT2D eigenvalue weighted by Gasteiger charge is 2.30. The van der Waals surface area contributed by atoms with E-state index in [1.165, 1.54) is 223 Å². The summed E-state index contributed by atoms with van der Waals surface area (Å²) < 4.78 is 0. The fraction of sp³-hybridized carbons (Fsp3) is 0.895. The van der Waals surface area contributed by atoms with Crippen molar-refractivity contribution in [3.63, 3.8) is 0 Å². The van der Waals surface area contributed by atoms with Gasteiger partial charge in [0.1, 0.15) is 10.8 Å². The lowest BCUT2D eigenvalue weighted by atomic mass is 9.76. The van der Waals surface area contributed by atoms with Crippen LogP contribution in [0.2, 0.25) is 0 Å². The molecule has 0 atom stereocenters. The lowest BCUT2D eigenvalue weighted by molar-refractivity contribution is 0.221. The first-order valence-electron chi connectivity index (χ1n) is 29.5. The van der Waals surface area contributed by atoms with Crippen molar-refractivity contribution in [2.75, 3.05) is 26.2 Å². The van der Waals surface area contributed by atoms with E-state index >= 15 is 0 Å². The molecule has 0 heterocycles. The quantitative estimate of drug-likeness (QED) is 0.0233. The van der Waals surface area contributed by atoms with E-state index in [1.807, 2.05) is 0 Å². The SMILES string of the molecule is N#CSC1CCC(CC2CCC(N=C=S)CC2)CC1.N#CSC1CCC(CC2CCC(NC(=S)NCCCCCCNC(=S)NC3CCC(CC4CCC(N=C=S)CC4)CC3)CC2)CC1.NCCCCCCN. The molecular formula is C57H98N10S6. The van der Waals surface area contributed by atoms with Gasteiger partial charge in [0.25, 0.3) is 0 Å². The average Bonchev–Trinajstić information content (AvgIpc) is 3.40. The third-order valence-electron chi connectivity index (χ3n) is 17.3. The third-order valence-corrected chi connectivity index (χ3v) is 19.9. The Labute approximate surface area is 474 Å². The van der Waals surface area contributed by atoms with Crippen LogP contribution in [0, 0.1) is 56.8 Å². The van der Waals surface area contributed by atoms with Gasteiger partial charge in [0.05, 0.1) is 22.4 Å². The number of hydrogen-bond acceptors (Lipinski definition) is 12. The van der Waals surface area contributed by atoms with Gasteiger partial charge in [-0.05, 0) is 320 Å². The van der Waals surface area contributed by atoms with E-state index in [0.29, 0.717) is 34.7 Å². The molecular weight excluding hydrogens is 1020 g/mol. The van der Waals surface area contributed by atoms with Crippen molar-refractivity contribution in [3.05, 3.63) is 0 Å². The molecule has 8 N–H and O–H groups in total. The Kier molecular flexibility index (Phi) is 35.8. The molecule has 0 aromatic carbocycles. The molecule has 0 aromatic heterocycles. The van der Waals surface area contributed by atoms with Gasteiger partial charge in [0.15, 0.2) is 10.2 Å². The van der Waals surface area contributed by atoms with E-state index in [9.17, 15) is 0 Å². The molecule has 0 radical (unpaired) electrons. The number of aliphatic imine (C=N–C) groups is 2. The summed E-state index contributed by atoms with van der Waals surface area (Å²) in [7, 11) is 0. The first-order valence-corrected chi connectivity index (χ1v) is 32.8. The molecule has 6 aliphatic rings. The second-order valence-electron chi connectivity index (χ2n) is 22.8. The third kappa shape index (κ3) is 29.2. The van der Waals surface area contributed by atoms with Crippen molar-refractivity contribution >= 4 is 92.9 Å². The average molecular weight is 1120 g/mol. The number of isothiocyanates is 2. The second kappa shape index (κ2) is 40.7. The predicted octanol–water partition coefficient (Wildman–Crippen LogP) is 14.1. The molecule has 0 saturated heterocycles. The molecule has 0 amide bonds. The van der Waals surface area contributed by atoms with Crippen LogP contribution in [0.25, 0.3) is 0 Å². The fourth-order valence-electron chi connectivity index (χ4n) is 12.9. The highest BCUT2D eigenvalue weighted by Crippen LogP contribution is 2.40. The van der Waals surface area contributed by atoms with E-state index in [-0.39, 0.29) is 0 Å². The standard InChI is InChI=1S/C36H60N6S4.C15H22N2S2.C6H16N2/c37-25-46-34-19-11-30(12-20-34)24-29-9-17-33(18-10-29)42-36(45)39-22-4-2-1-3-21-38-35(44)41-32-15-7-28(8-16-32)23-27-5-13-31(14-6-27)40-26-43;16-10-19-15-7-3-13(4-8-15)9-12-1-5-14(6-2-12)17-11-18;7-5-3-1-2-4-6-8/h27-34H,1-24H2,(H2,38,41,44)(H2,39,42,45);12-15H,1-9H2;1-8H2. The lowest BCUT2D eigenvalue weighted by Gasteiger charge is -2.34. The van der Waals surface area contributed by atoms with Gasteiger partial charge < -0.3 is 32.7 Å². The van der Waals surface area contributed by atoms with E-state index in [0.717, 1.165) is 97.6 Å². The van der Waals surface area contributed by atoms with Gasteiger partial charge in [-0.3, -0.25) is 0 Å². The smallest absolute Gasteiger partial charge is 0.166 e. The molecule has 6 rings (SSSR count). The number of thioether (sulfide) groups is 2. The van der Waals surface area contributed by atoms with Gasteiger partial charge in [0.2, 0.25) is 0 Å². The summed E-state index contributed by atoms with van der Waals surface area (Å²) in [6.45, 7) is 3.55. The molecule has 16 heteroatoms. The maximum Gasteiger partial charge on any atom is 0.166 e. The molecule has 10 nitrogen and oxygen atoms in total. The monoisotopic (exact) mass is 1110 g/mol. The molecule has 6 fully saturated rings. The van der Waals surface area contributed by atoms with Crippen molar-refractivity contribution in [1.82, 2.24) is 21.3 Å². The van der Waals surface area contributed by atoms with Crippen LogP contribution in [-0.4, -0.2) is 81.4 Å². The van der Waals surface area contributed by atoms with Crippen LogP contribution in [0.1, 0.15) is 225 Å². The van der Waals surface area contributed by atoms with Crippen LogP contribution in [0.15, 0.2) is 9.98 Å². The minimum atomic E-state index is 0.439. The van der Waals surface area contributed by atoms with Crippen LogP contribution in [0.4, 0.5) is 0 Å². The highest BCUT2D eigenvalue weighted by molar-refractivity contribution is 8.04. The second-order valence-corrected chi connectivity index (χ2v) is 26.2. The number of nitrogens with two attached hydrogens (primary N) is 2. The van der Waals surface area contributed by atoms with Crippen molar-refractivity contribution < 1.29 is 0 Å². The van der Waals surface area contributed by atoms with Gasteiger partial charge >= 0.3 is 0 Å². The Balaban J connectivity index is 0.000000349. The fourth-order valence-corrected chi connectivity index (χ4v) is 15.1. The van der Waals surface area contributed by atoms with E-state index in [4.69, 9.17) is 58.6 Å². The topological polar surface area (TPSA) is 172 Å². The number of nitrogens with one attached hydrogen (secondary N) is 4. The Morgan fingerprint density at radius 3 is 1.00 bits per heavy atom. The summed E-state index contributed by atoms with van der Waals surface area (Å²) in [5.41, 5.74) is 10.6. The van der Waals surface area contributed by atoms with Crippen LogP contribution in [0.3, 0.4) is 0 Å². The molecule has 0 bridgehead atoms. The van der Waals surface area contributed by atoms with Crippen LogP contribution >= 0.6 is 72.4 Å².